The third-order valence-corrected chi connectivity index (χ3v) is 2.41. The highest BCUT2D eigenvalue weighted by Gasteiger charge is 2.15. The Morgan fingerprint density at radius 2 is 1.94 bits per heavy atom. The second kappa shape index (κ2) is 4.14. The monoisotopic (exact) mass is 214 g/mol. The maximum Gasteiger partial charge on any atom is 0.117 e. The molecule has 0 spiro atoms. The molecule has 3 N–H and O–H groups in total. The van der Waals surface area contributed by atoms with Crippen LogP contribution in [0.4, 0.5) is 11.4 Å². The fourth-order valence-electron chi connectivity index (χ4n) is 1.65. The normalized spacial score (nSPS) is 18.8. The molecule has 0 unspecified atom stereocenters. The Hall–Kier alpha value is -2.16. The van der Waals surface area contributed by atoms with E-state index in [9.17, 15) is 5.11 Å². The molecule has 3 heteroatoms. The van der Waals surface area contributed by atoms with Crippen LogP contribution in [0.3, 0.4) is 0 Å². The van der Waals surface area contributed by atoms with Crippen LogP contribution in [-0.4, -0.2) is 5.11 Å². The van der Waals surface area contributed by atoms with Gasteiger partial charge in [0.15, 0.2) is 0 Å². The van der Waals surface area contributed by atoms with Crippen molar-refractivity contribution in [3.63, 3.8) is 0 Å². The highest BCUT2D eigenvalue weighted by molar-refractivity contribution is 5.80. The smallest absolute Gasteiger partial charge is 0.117 e. The number of benzene rings is 1. The largest absolute Gasteiger partial charge is 0.508 e. The minimum Gasteiger partial charge on any atom is -0.508 e. The summed E-state index contributed by atoms with van der Waals surface area (Å²) in [6.07, 6.45) is 5.60. The van der Waals surface area contributed by atoms with Gasteiger partial charge in [-0.05, 0) is 25.1 Å². The minimum absolute atomic E-state index is 0.250. The Balaban J connectivity index is 2.45. The van der Waals surface area contributed by atoms with E-state index in [1.807, 2.05) is 25.1 Å². The quantitative estimate of drug-likeness (QED) is 0.629. The summed E-state index contributed by atoms with van der Waals surface area (Å²) >= 11 is 0. The summed E-state index contributed by atoms with van der Waals surface area (Å²) in [5, 5.41) is 15.9. The number of phenols is 1. The summed E-state index contributed by atoms with van der Waals surface area (Å²) in [5.74, 6) is 0.250. The Kier molecular flexibility index (Phi) is 2.68. The second-order valence-corrected chi connectivity index (χ2v) is 3.50. The van der Waals surface area contributed by atoms with Gasteiger partial charge in [-0.3, -0.25) is 0 Å². The van der Waals surface area contributed by atoms with E-state index in [1.54, 1.807) is 18.2 Å². The van der Waals surface area contributed by atoms with Crippen LogP contribution in [0.15, 0.2) is 54.4 Å². The number of phenolic OH excluding ortho intramolecular Hbond substituents is 1. The number of allylic oxidation sites excluding steroid dienone is 3. The number of fused-ring (bicyclic) bond motifs is 1. The van der Waals surface area contributed by atoms with Crippen LogP contribution in [0.25, 0.3) is 0 Å². The first-order valence-corrected chi connectivity index (χ1v) is 5.11. The predicted octanol–water partition coefficient (Wildman–Crippen LogP) is 3.20. The predicted molar refractivity (Wildman–Crippen MR) is 67.4 cm³/mol. The van der Waals surface area contributed by atoms with Gasteiger partial charge in [0.1, 0.15) is 5.75 Å². The van der Waals surface area contributed by atoms with Crippen molar-refractivity contribution in [2.24, 2.45) is 0 Å². The molecule has 82 valence electrons. The first-order chi connectivity index (χ1) is 7.74. The molecule has 3 nitrogen and oxygen atoms in total. The average Bonchev–Trinajstić information content (AvgIpc) is 2.29. The standard InChI is InChI=1S/C13H14N2O/c1-3-5-11-10(4-2)14-13-8-9(16)6-7-12(13)15-11/h3-8,14-16H,1H2,2H3/b10-4+,11-5+. The summed E-state index contributed by atoms with van der Waals surface area (Å²) in [5.41, 5.74) is 3.75. The van der Waals surface area contributed by atoms with Gasteiger partial charge in [0.05, 0.1) is 22.8 Å². The number of rotatable bonds is 1. The zero-order chi connectivity index (χ0) is 11.5. The van der Waals surface area contributed by atoms with E-state index < -0.39 is 0 Å². The van der Waals surface area contributed by atoms with Crippen LogP contribution in [0, 0.1) is 0 Å². The molecule has 0 radical (unpaired) electrons. The lowest BCUT2D eigenvalue weighted by Gasteiger charge is -2.25. The number of hydrogen-bond donors (Lipinski definition) is 3. The molecule has 0 fully saturated rings. The fraction of sp³-hybridized carbons (Fsp3) is 0.0769. The molecule has 0 amide bonds. The van der Waals surface area contributed by atoms with Crippen molar-refractivity contribution in [1.29, 1.82) is 0 Å². The van der Waals surface area contributed by atoms with E-state index in [-0.39, 0.29) is 5.75 Å². The van der Waals surface area contributed by atoms with E-state index in [1.165, 1.54) is 0 Å². The van der Waals surface area contributed by atoms with Crippen molar-refractivity contribution in [3.8, 4) is 5.75 Å². The van der Waals surface area contributed by atoms with Crippen LogP contribution >= 0.6 is 0 Å². The maximum atomic E-state index is 9.40. The third kappa shape index (κ3) is 1.80. The lowest BCUT2D eigenvalue weighted by molar-refractivity contribution is 0.475. The SMILES string of the molecule is C=C/C=C1/Nc2ccc(O)cc2N/C1=C/C. The van der Waals surface area contributed by atoms with Gasteiger partial charge in [-0.1, -0.05) is 18.7 Å². The van der Waals surface area contributed by atoms with Crippen LogP contribution in [-0.2, 0) is 0 Å². The van der Waals surface area contributed by atoms with Crippen LogP contribution in [0.2, 0.25) is 0 Å². The van der Waals surface area contributed by atoms with E-state index >= 15 is 0 Å². The third-order valence-electron chi connectivity index (χ3n) is 2.41. The Bertz CT molecular complexity index is 487. The Morgan fingerprint density at radius 3 is 2.62 bits per heavy atom. The molecule has 1 aromatic rings. The minimum atomic E-state index is 0.250. The maximum absolute atomic E-state index is 9.40. The van der Waals surface area contributed by atoms with Gasteiger partial charge in [0, 0.05) is 6.07 Å². The van der Waals surface area contributed by atoms with Crippen LogP contribution in [0.1, 0.15) is 6.92 Å². The molecular formula is C13H14N2O. The average molecular weight is 214 g/mol. The van der Waals surface area contributed by atoms with Crippen molar-refractivity contribution in [1.82, 2.24) is 0 Å². The Labute approximate surface area is 94.8 Å². The summed E-state index contributed by atoms with van der Waals surface area (Å²) in [6.45, 7) is 5.64. The van der Waals surface area contributed by atoms with Gasteiger partial charge in [-0.15, -0.1) is 0 Å². The van der Waals surface area contributed by atoms with Gasteiger partial charge >= 0.3 is 0 Å². The van der Waals surface area contributed by atoms with Crippen LogP contribution < -0.4 is 10.6 Å². The number of hydrogen-bond acceptors (Lipinski definition) is 3. The molecule has 0 saturated carbocycles. The van der Waals surface area contributed by atoms with Gasteiger partial charge in [-0.2, -0.15) is 0 Å². The zero-order valence-corrected chi connectivity index (χ0v) is 9.12. The summed E-state index contributed by atoms with van der Waals surface area (Å²) in [7, 11) is 0. The second-order valence-electron chi connectivity index (χ2n) is 3.50. The zero-order valence-electron chi connectivity index (χ0n) is 9.12. The molecule has 0 aliphatic carbocycles. The first kappa shape index (κ1) is 10.4. The van der Waals surface area contributed by atoms with E-state index in [4.69, 9.17) is 0 Å². The van der Waals surface area contributed by atoms with Gasteiger partial charge in [0.2, 0.25) is 0 Å². The number of aromatic hydroxyl groups is 1. The molecule has 0 bridgehead atoms. The highest BCUT2D eigenvalue weighted by atomic mass is 16.3. The van der Waals surface area contributed by atoms with E-state index in [2.05, 4.69) is 17.2 Å². The molecular weight excluding hydrogens is 200 g/mol. The van der Waals surface area contributed by atoms with Crippen LogP contribution in [0.5, 0.6) is 5.75 Å². The molecule has 16 heavy (non-hydrogen) atoms. The topological polar surface area (TPSA) is 44.3 Å². The fourth-order valence-corrected chi connectivity index (χ4v) is 1.65. The molecule has 1 heterocycles. The van der Waals surface area contributed by atoms with Crippen molar-refractivity contribution in [2.75, 3.05) is 10.6 Å². The van der Waals surface area contributed by atoms with Gasteiger partial charge < -0.3 is 15.7 Å². The molecule has 1 aromatic carbocycles. The van der Waals surface area contributed by atoms with Gasteiger partial charge in [-0.25, -0.2) is 0 Å². The first-order valence-electron chi connectivity index (χ1n) is 5.11. The Morgan fingerprint density at radius 1 is 1.19 bits per heavy atom. The van der Waals surface area contributed by atoms with E-state index in [0.717, 1.165) is 22.8 Å². The van der Waals surface area contributed by atoms with Crippen molar-refractivity contribution >= 4 is 11.4 Å². The summed E-state index contributed by atoms with van der Waals surface area (Å²) < 4.78 is 0. The highest BCUT2D eigenvalue weighted by Crippen LogP contribution is 2.34. The van der Waals surface area contributed by atoms with Crippen molar-refractivity contribution in [2.45, 2.75) is 6.92 Å². The van der Waals surface area contributed by atoms with Crippen molar-refractivity contribution in [3.05, 3.63) is 54.4 Å². The van der Waals surface area contributed by atoms with E-state index in [0.29, 0.717) is 0 Å². The molecule has 0 atom stereocenters. The number of anilines is 2. The number of nitrogens with one attached hydrogen (secondary N) is 2. The summed E-state index contributed by atoms with van der Waals surface area (Å²) in [4.78, 5) is 0. The lowest BCUT2D eigenvalue weighted by Crippen LogP contribution is -2.16. The molecule has 1 aliphatic rings. The molecule has 1 aliphatic heterocycles. The summed E-state index contributed by atoms with van der Waals surface area (Å²) in [6, 6.07) is 5.18. The van der Waals surface area contributed by atoms with Crippen molar-refractivity contribution < 1.29 is 5.11 Å². The molecule has 0 saturated heterocycles. The molecule has 2 rings (SSSR count). The lowest BCUT2D eigenvalue weighted by atomic mass is 10.1. The molecule has 0 aromatic heterocycles. The van der Waals surface area contributed by atoms with Gasteiger partial charge in [0.25, 0.3) is 0 Å².